The SMILES string of the molecule is COc1cc(C=O)cc2c1O[C@@H]1[C@@H](O)[C@H](N(CC(F)(F)F)C(=O)C3CC3)C=C(C(=O)NCCO)[C@H]21. The summed E-state index contributed by atoms with van der Waals surface area (Å²) in [4.78, 5) is 37.9. The van der Waals surface area contributed by atoms with Crippen LogP contribution in [0.2, 0.25) is 0 Å². The van der Waals surface area contributed by atoms with Gasteiger partial charge in [0.05, 0.1) is 25.7 Å². The van der Waals surface area contributed by atoms with Crippen LogP contribution in [0.5, 0.6) is 11.5 Å². The number of alkyl halides is 3. The minimum Gasteiger partial charge on any atom is -0.493 e. The van der Waals surface area contributed by atoms with E-state index in [0.717, 1.165) is 6.08 Å². The minimum atomic E-state index is -4.74. The molecule has 0 aromatic heterocycles. The Morgan fingerprint density at radius 3 is 2.60 bits per heavy atom. The minimum absolute atomic E-state index is 0.0432. The van der Waals surface area contributed by atoms with Crippen LogP contribution in [0.4, 0.5) is 13.2 Å². The Morgan fingerprint density at radius 2 is 2.03 bits per heavy atom. The summed E-state index contributed by atoms with van der Waals surface area (Å²) in [5.74, 6) is -2.69. The highest BCUT2D eigenvalue weighted by molar-refractivity contribution is 5.96. The van der Waals surface area contributed by atoms with Crippen molar-refractivity contribution in [1.82, 2.24) is 10.2 Å². The average Bonchev–Trinajstić information content (AvgIpc) is 3.60. The van der Waals surface area contributed by atoms with E-state index in [1.54, 1.807) is 0 Å². The molecule has 1 heterocycles. The Morgan fingerprint density at radius 1 is 1.31 bits per heavy atom. The summed E-state index contributed by atoms with van der Waals surface area (Å²) in [5, 5.41) is 22.8. The van der Waals surface area contributed by atoms with E-state index in [9.17, 15) is 32.7 Å². The van der Waals surface area contributed by atoms with Gasteiger partial charge in [0.1, 0.15) is 25.0 Å². The molecule has 4 rings (SSSR count). The van der Waals surface area contributed by atoms with Crippen molar-refractivity contribution in [3.05, 3.63) is 34.9 Å². The van der Waals surface area contributed by atoms with E-state index in [1.807, 2.05) is 0 Å². The number of halogens is 3. The third kappa shape index (κ3) is 4.85. The van der Waals surface area contributed by atoms with Crippen molar-refractivity contribution in [2.75, 3.05) is 26.8 Å². The first-order valence-corrected chi connectivity index (χ1v) is 11.1. The molecule has 190 valence electrons. The Balaban J connectivity index is 1.82. The summed E-state index contributed by atoms with van der Waals surface area (Å²) in [7, 11) is 1.33. The second-order valence-corrected chi connectivity index (χ2v) is 8.76. The highest BCUT2D eigenvalue weighted by Crippen LogP contribution is 2.51. The zero-order chi connectivity index (χ0) is 25.5. The summed E-state index contributed by atoms with van der Waals surface area (Å²) >= 11 is 0. The van der Waals surface area contributed by atoms with Gasteiger partial charge >= 0.3 is 6.18 Å². The number of hydrogen-bond acceptors (Lipinski definition) is 7. The molecule has 1 aromatic rings. The number of aliphatic hydroxyl groups excluding tert-OH is 2. The lowest BCUT2D eigenvalue weighted by Gasteiger charge is -2.41. The van der Waals surface area contributed by atoms with Gasteiger partial charge in [0.2, 0.25) is 11.8 Å². The van der Waals surface area contributed by atoms with Gasteiger partial charge in [-0.1, -0.05) is 0 Å². The van der Waals surface area contributed by atoms with Crippen molar-refractivity contribution in [3.63, 3.8) is 0 Å². The zero-order valence-electron chi connectivity index (χ0n) is 18.7. The van der Waals surface area contributed by atoms with E-state index < -0.39 is 54.6 Å². The molecule has 0 saturated heterocycles. The van der Waals surface area contributed by atoms with E-state index in [2.05, 4.69) is 5.32 Å². The van der Waals surface area contributed by atoms with E-state index >= 15 is 0 Å². The monoisotopic (exact) mass is 498 g/mol. The van der Waals surface area contributed by atoms with E-state index in [1.165, 1.54) is 19.2 Å². The van der Waals surface area contributed by atoms with Gasteiger partial charge in [-0.3, -0.25) is 14.4 Å². The molecule has 0 bridgehead atoms. The van der Waals surface area contributed by atoms with Crippen LogP contribution in [0.3, 0.4) is 0 Å². The molecule has 0 radical (unpaired) electrons. The lowest BCUT2D eigenvalue weighted by atomic mass is 9.77. The number of fused-ring (bicyclic) bond motifs is 3. The number of aliphatic hydroxyl groups is 2. The normalized spacial score (nSPS) is 25.0. The van der Waals surface area contributed by atoms with Crippen LogP contribution >= 0.6 is 0 Å². The average molecular weight is 498 g/mol. The Hall–Kier alpha value is -3.12. The molecule has 9 nitrogen and oxygen atoms in total. The number of nitrogens with zero attached hydrogens (tertiary/aromatic N) is 1. The van der Waals surface area contributed by atoms with E-state index in [0.29, 0.717) is 29.6 Å². The first-order chi connectivity index (χ1) is 16.6. The zero-order valence-corrected chi connectivity index (χ0v) is 18.7. The number of carbonyl (C=O) groups is 3. The lowest BCUT2D eigenvalue weighted by molar-refractivity contribution is -0.171. The van der Waals surface area contributed by atoms with Crippen LogP contribution in [0.1, 0.15) is 34.7 Å². The second-order valence-electron chi connectivity index (χ2n) is 8.76. The Bertz CT molecular complexity index is 1050. The molecule has 1 aliphatic heterocycles. The third-order valence-corrected chi connectivity index (χ3v) is 6.33. The highest BCUT2D eigenvalue weighted by Gasteiger charge is 2.53. The fourth-order valence-corrected chi connectivity index (χ4v) is 4.65. The fourth-order valence-electron chi connectivity index (χ4n) is 4.65. The number of rotatable bonds is 8. The van der Waals surface area contributed by atoms with Crippen molar-refractivity contribution < 1.29 is 47.2 Å². The molecule has 12 heteroatoms. The maximum Gasteiger partial charge on any atom is 0.406 e. The van der Waals surface area contributed by atoms with Gasteiger partial charge < -0.3 is 29.9 Å². The summed E-state index contributed by atoms with van der Waals surface area (Å²) in [5.41, 5.74) is 0.507. The molecular formula is C23H25F3N2O7. The number of ether oxygens (including phenoxy) is 2. The molecule has 35 heavy (non-hydrogen) atoms. The molecule has 2 amide bonds. The van der Waals surface area contributed by atoms with Gasteiger partial charge in [-0.25, -0.2) is 0 Å². The number of aldehydes is 1. The number of methoxy groups -OCH3 is 1. The van der Waals surface area contributed by atoms with Crippen LogP contribution in [0.25, 0.3) is 0 Å². The standard InChI is InChI=1S/C23H25F3N2O7/c1-34-16-7-11(9-30)6-13-17-14(21(32)27-4-5-29)8-15(18(31)20(17)35-19(13)16)28(10-23(24,25)26)22(33)12-2-3-12/h6-9,12,15,17-18,20,29,31H,2-5,10H2,1H3,(H,27,32)/t15-,17+,18+,20+/m1/s1. The van der Waals surface area contributed by atoms with Crippen LogP contribution in [-0.4, -0.2) is 84.4 Å². The number of hydrogen-bond donors (Lipinski definition) is 3. The molecule has 3 N–H and O–H groups in total. The van der Waals surface area contributed by atoms with Crippen LogP contribution in [-0.2, 0) is 9.59 Å². The Kier molecular flexibility index (Phi) is 6.78. The largest absolute Gasteiger partial charge is 0.493 e. The molecular weight excluding hydrogens is 473 g/mol. The summed E-state index contributed by atoms with van der Waals surface area (Å²) in [6, 6.07) is 1.36. The van der Waals surface area contributed by atoms with Crippen molar-refractivity contribution in [3.8, 4) is 11.5 Å². The predicted molar refractivity (Wildman–Crippen MR) is 114 cm³/mol. The van der Waals surface area contributed by atoms with Crippen LogP contribution in [0.15, 0.2) is 23.8 Å². The summed E-state index contributed by atoms with van der Waals surface area (Å²) < 4.78 is 51.5. The number of amides is 2. The van der Waals surface area contributed by atoms with Gasteiger partial charge in [0, 0.05) is 29.2 Å². The second kappa shape index (κ2) is 9.50. The lowest BCUT2D eigenvalue weighted by Crippen LogP contribution is -2.57. The summed E-state index contributed by atoms with van der Waals surface area (Å²) in [6.07, 6.45) is -4.97. The van der Waals surface area contributed by atoms with Gasteiger partial charge in [-0.15, -0.1) is 0 Å². The number of carbonyl (C=O) groups excluding carboxylic acids is 3. The molecule has 1 aromatic carbocycles. The summed E-state index contributed by atoms with van der Waals surface area (Å²) in [6.45, 7) is -2.11. The first-order valence-electron chi connectivity index (χ1n) is 11.1. The fraction of sp³-hybridized carbons (Fsp3) is 0.522. The molecule has 3 aliphatic rings. The molecule has 2 aliphatic carbocycles. The van der Waals surface area contributed by atoms with Gasteiger partial charge in [-0.2, -0.15) is 13.2 Å². The van der Waals surface area contributed by atoms with Crippen molar-refractivity contribution in [2.24, 2.45) is 5.92 Å². The van der Waals surface area contributed by atoms with Crippen molar-refractivity contribution >= 4 is 18.1 Å². The molecule has 1 fully saturated rings. The molecule has 0 spiro atoms. The highest BCUT2D eigenvalue weighted by atomic mass is 19.4. The van der Waals surface area contributed by atoms with Crippen LogP contribution in [0, 0.1) is 5.92 Å². The third-order valence-electron chi connectivity index (χ3n) is 6.33. The van der Waals surface area contributed by atoms with Gasteiger partial charge in [0.25, 0.3) is 0 Å². The topological polar surface area (TPSA) is 125 Å². The van der Waals surface area contributed by atoms with Crippen LogP contribution < -0.4 is 14.8 Å². The van der Waals surface area contributed by atoms with Gasteiger partial charge in [0.15, 0.2) is 11.5 Å². The van der Waals surface area contributed by atoms with Crippen molar-refractivity contribution in [2.45, 2.75) is 43.2 Å². The predicted octanol–water partition coefficient (Wildman–Crippen LogP) is 0.931. The van der Waals surface area contributed by atoms with Crippen molar-refractivity contribution in [1.29, 1.82) is 0 Å². The smallest absolute Gasteiger partial charge is 0.406 e. The maximum absolute atomic E-state index is 13.4. The van der Waals surface area contributed by atoms with Gasteiger partial charge in [-0.05, 0) is 31.1 Å². The number of nitrogens with one attached hydrogen (secondary N) is 1. The quantitative estimate of drug-likeness (QED) is 0.456. The van der Waals surface area contributed by atoms with E-state index in [4.69, 9.17) is 14.6 Å². The first kappa shape index (κ1) is 25.0. The maximum atomic E-state index is 13.4. The Labute approximate surface area is 198 Å². The number of benzene rings is 1. The van der Waals surface area contributed by atoms with E-state index in [-0.39, 0.29) is 35.8 Å². The molecule has 0 unspecified atom stereocenters. The molecule has 1 saturated carbocycles. The molecule has 4 atom stereocenters.